The molecule has 4 aromatic heterocycles. The summed E-state index contributed by atoms with van der Waals surface area (Å²) in [6.45, 7) is 2.45. The number of thiocarbonyl (C=S) groups is 1. The molecule has 0 aromatic carbocycles. The predicted molar refractivity (Wildman–Crippen MR) is 130 cm³/mol. The summed E-state index contributed by atoms with van der Waals surface area (Å²) < 4.78 is 12.6. The lowest BCUT2D eigenvalue weighted by Crippen LogP contribution is -2.27. The smallest absolute Gasteiger partial charge is 0.267 e. The van der Waals surface area contributed by atoms with Crippen LogP contribution < -0.4 is 10.9 Å². The number of hydrogen-bond donors (Lipinski definition) is 1. The van der Waals surface area contributed by atoms with Crippen LogP contribution in [0.5, 0.6) is 0 Å². The number of amides is 1. The molecular formula is C23H18N4O4S2. The largest absolute Gasteiger partial charge is 0.467 e. The van der Waals surface area contributed by atoms with Crippen molar-refractivity contribution in [2.75, 3.05) is 5.32 Å². The number of rotatable bonds is 6. The topological polar surface area (TPSA) is 93.0 Å². The van der Waals surface area contributed by atoms with Gasteiger partial charge in [-0.1, -0.05) is 30.0 Å². The van der Waals surface area contributed by atoms with E-state index in [1.54, 1.807) is 49.1 Å². The molecule has 10 heteroatoms. The van der Waals surface area contributed by atoms with E-state index >= 15 is 0 Å². The number of furan rings is 2. The highest BCUT2D eigenvalue weighted by Crippen LogP contribution is 2.34. The summed E-state index contributed by atoms with van der Waals surface area (Å²) in [6, 6.07) is 10.8. The Kier molecular flexibility index (Phi) is 5.61. The molecule has 0 atom stereocenters. The van der Waals surface area contributed by atoms with Gasteiger partial charge >= 0.3 is 0 Å². The Balaban J connectivity index is 1.56. The predicted octanol–water partition coefficient (Wildman–Crippen LogP) is 4.20. The van der Waals surface area contributed by atoms with E-state index in [0.717, 1.165) is 17.3 Å². The molecule has 5 rings (SSSR count). The van der Waals surface area contributed by atoms with Crippen molar-refractivity contribution >= 4 is 51.7 Å². The summed E-state index contributed by atoms with van der Waals surface area (Å²) in [6.07, 6.45) is 6.34. The first-order valence-electron chi connectivity index (χ1n) is 10.1. The summed E-state index contributed by atoms with van der Waals surface area (Å²) in [5.41, 5.74) is 1.36. The van der Waals surface area contributed by atoms with Crippen molar-refractivity contribution < 1.29 is 13.6 Å². The van der Waals surface area contributed by atoms with Crippen molar-refractivity contribution in [2.45, 2.75) is 20.0 Å². The van der Waals surface area contributed by atoms with Gasteiger partial charge in [0.1, 0.15) is 27.3 Å². The van der Waals surface area contributed by atoms with E-state index in [4.69, 9.17) is 21.1 Å². The molecule has 1 amide bonds. The standard InChI is InChI=1S/C23H18N4O4S2/c1-14-5-2-8-26-20(14)25-19(24-12-15-6-3-9-30-15)17(21(26)28)11-18-22(29)27(23(32)33-18)13-16-7-4-10-31-16/h2-11,24H,12-13H2,1H3/b18-11-. The second-order valence-corrected chi connectivity index (χ2v) is 9.02. The van der Waals surface area contributed by atoms with E-state index in [0.29, 0.717) is 38.8 Å². The van der Waals surface area contributed by atoms with Crippen molar-refractivity contribution in [3.63, 3.8) is 0 Å². The van der Waals surface area contributed by atoms with Crippen molar-refractivity contribution in [1.29, 1.82) is 0 Å². The number of carbonyl (C=O) groups excluding carboxylic acids is 1. The normalized spacial score (nSPS) is 15.2. The van der Waals surface area contributed by atoms with E-state index in [1.165, 1.54) is 9.30 Å². The van der Waals surface area contributed by atoms with Gasteiger partial charge in [0.05, 0.1) is 36.1 Å². The number of fused-ring (bicyclic) bond motifs is 1. The van der Waals surface area contributed by atoms with Gasteiger partial charge in [-0.3, -0.25) is 18.9 Å². The number of anilines is 1. The molecule has 1 N–H and O–H groups in total. The average Bonchev–Trinajstić information content (AvgIpc) is 3.55. The van der Waals surface area contributed by atoms with Gasteiger partial charge in [-0.05, 0) is 48.9 Å². The molecule has 166 valence electrons. The van der Waals surface area contributed by atoms with Gasteiger partial charge in [0, 0.05) is 6.20 Å². The molecule has 5 heterocycles. The first-order chi connectivity index (χ1) is 16.0. The van der Waals surface area contributed by atoms with Crippen molar-refractivity contribution in [2.24, 2.45) is 0 Å². The first kappa shape index (κ1) is 21.2. The number of nitrogens with one attached hydrogen (secondary N) is 1. The molecule has 1 fully saturated rings. The van der Waals surface area contributed by atoms with Crippen molar-refractivity contribution in [1.82, 2.24) is 14.3 Å². The average molecular weight is 479 g/mol. The summed E-state index contributed by atoms with van der Waals surface area (Å²) >= 11 is 6.55. The van der Waals surface area contributed by atoms with E-state index < -0.39 is 0 Å². The Hall–Kier alpha value is -3.63. The quantitative estimate of drug-likeness (QED) is 0.326. The Morgan fingerprint density at radius 2 is 1.88 bits per heavy atom. The fraction of sp³-hybridized carbons (Fsp3) is 0.130. The lowest BCUT2D eigenvalue weighted by molar-refractivity contribution is -0.122. The second kappa shape index (κ2) is 8.72. The zero-order valence-electron chi connectivity index (χ0n) is 17.5. The van der Waals surface area contributed by atoms with Crippen LogP contribution in [0.25, 0.3) is 11.7 Å². The minimum atomic E-state index is -0.290. The van der Waals surface area contributed by atoms with Gasteiger partial charge in [0.25, 0.3) is 11.5 Å². The van der Waals surface area contributed by atoms with Crippen LogP contribution in [0, 0.1) is 6.92 Å². The fourth-order valence-corrected chi connectivity index (χ4v) is 4.72. The maximum absolute atomic E-state index is 13.4. The first-order valence-corrected chi connectivity index (χ1v) is 11.3. The van der Waals surface area contributed by atoms with Crippen LogP contribution in [0.15, 0.2) is 73.7 Å². The van der Waals surface area contributed by atoms with Gasteiger partial charge in [-0.25, -0.2) is 4.98 Å². The second-order valence-electron chi connectivity index (χ2n) is 7.34. The molecule has 0 spiro atoms. The molecule has 1 saturated heterocycles. The number of nitrogens with zero attached hydrogens (tertiary/aromatic N) is 3. The third-order valence-electron chi connectivity index (χ3n) is 5.14. The highest BCUT2D eigenvalue weighted by atomic mass is 32.2. The Bertz CT molecular complexity index is 1440. The van der Waals surface area contributed by atoms with Crippen LogP contribution in [0.4, 0.5) is 5.82 Å². The van der Waals surface area contributed by atoms with Gasteiger partial charge < -0.3 is 14.2 Å². The lowest BCUT2D eigenvalue weighted by atomic mass is 10.2. The number of pyridine rings is 1. The summed E-state index contributed by atoms with van der Waals surface area (Å²) in [5, 5.41) is 3.18. The molecule has 33 heavy (non-hydrogen) atoms. The zero-order valence-corrected chi connectivity index (χ0v) is 19.1. The minimum Gasteiger partial charge on any atom is -0.467 e. The molecule has 0 unspecified atom stereocenters. The minimum absolute atomic E-state index is 0.229. The molecule has 0 radical (unpaired) electrons. The number of hydrogen-bond acceptors (Lipinski definition) is 8. The zero-order chi connectivity index (χ0) is 22.9. The molecule has 1 aliphatic rings. The summed E-state index contributed by atoms with van der Waals surface area (Å²) in [7, 11) is 0. The molecule has 8 nitrogen and oxygen atoms in total. The molecule has 1 aliphatic heterocycles. The number of thioether (sulfide) groups is 1. The summed E-state index contributed by atoms with van der Waals surface area (Å²) in [4.78, 5) is 33.0. The SMILES string of the molecule is Cc1cccn2c(=O)c(/C=C3\SC(=S)N(Cc4ccco4)C3=O)c(NCc3ccco3)nc12. The van der Waals surface area contributed by atoms with Crippen LogP contribution in [0.1, 0.15) is 22.6 Å². The third-order valence-corrected chi connectivity index (χ3v) is 6.52. The molecule has 0 bridgehead atoms. The van der Waals surface area contributed by atoms with Gasteiger partial charge in [0.2, 0.25) is 0 Å². The summed E-state index contributed by atoms with van der Waals surface area (Å²) in [5.74, 6) is 1.39. The number of carbonyl (C=O) groups is 1. The lowest BCUT2D eigenvalue weighted by Gasteiger charge is -2.12. The number of aromatic nitrogens is 2. The number of aryl methyl sites for hydroxylation is 1. The van der Waals surface area contributed by atoms with E-state index in [2.05, 4.69) is 10.3 Å². The van der Waals surface area contributed by atoms with E-state index in [9.17, 15) is 9.59 Å². The van der Waals surface area contributed by atoms with Gasteiger partial charge in [-0.2, -0.15) is 0 Å². The van der Waals surface area contributed by atoms with Gasteiger partial charge in [-0.15, -0.1) is 0 Å². The maximum atomic E-state index is 13.4. The Morgan fingerprint density at radius 1 is 1.12 bits per heavy atom. The van der Waals surface area contributed by atoms with Gasteiger partial charge in [0.15, 0.2) is 0 Å². The van der Waals surface area contributed by atoms with Crippen LogP contribution in [-0.2, 0) is 17.9 Å². The molecule has 0 saturated carbocycles. The van der Waals surface area contributed by atoms with Crippen LogP contribution in [-0.4, -0.2) is 24.5 Å². The molecule has 0 aliphatic carbocycles. The third kappa shape index (κ3) is 4.10. The monoisotopic (exact) mass is 478 g/mol. The fourth-order valence-electron chi connectivity index (χ4n) is 3.49. The Morgan fingerprint density at radius 3 is 2.61 bits per heavy atom. The van der Waals surface area contributed by atoms with Crippen LogP contribution in [0.3, 0.4) is 0 Å². The molecule has 4 aromatic rings. The highest BCUT2D eigenvalue weighted by molar-refractivity contribution is 8.26. The van der Waals surface area contributed by atoms with E-state index in [1.807, 2.05) is 19.1 Å². The Labute approximate surface area is 197 Å². The van der Waals surface area contributed by atoms with E-state index in [-0.39, 0.29) is 23.6 Å². The molecular weight excluding hydrogens is 460 g/mol. The van der Waals surface area contributed by atoms with Crippen molar-refractivity contribution in [3.05, 3.63) is 93.0 Å². The van der Waals surface area contributed by atoms with Crippen LogP contribution in [0.2, 0.25) is 0 Å². The highest BCUT2D eigenvalue weighted by Gasteiger charge is 2.33. The van der Waals surface area contributed by atoms with Crippen molar-refractivity contribution in [3.8, 4) is 0 Å². The maximum Gasteiger partial charge on any atom is 0.267 e. The van der Waals surface area contributed by atoms with Crippen LogP contribution >= 0.6 is 24.0 Å².